The van der Waals surface area contributed by atoms with E-state index in [2.05, 4.69) is 31.3 Å². The van der Waals surface area contributed by atoms with Crippen LogP contribution in [-0.2, 0) is 11.2 Å². The second kappa shape index (κ2) is 7.39. The van der Waals surface area contributed by atoms with Gasteiger partial charge < -0.3 is 14.8 Å². The van der Waals surface area contributed by atoms with Crippen LogP contribution in [0.1, 0.15) is 25.0 Å². The van der Waals surface area contributed by atoms with Crippen LogP contribution in [0.2, 0.25) is 0 Å². The van der Waals surface area contributed by atoms with E-state index in [-0.39, 0.29) is 6.10 Å². The monoisotopic (exact) mass is 251 g/mol. The molecule has 2 unspecified atom stereocenters. The maximum absolute atomic E-state index is 5.67. The molecule has 0 bridgehead atoms. The van der Waals surface area contributed by atoms with E-state index in [1.165, 1.54) is 11.1 Å². The zero-order chi connectivity index (χ0) is 13.5. The van der Waals surface area contributed by atoms with Crippen LogP contribution in [0.15, 0.2) is 18.2 Å². The van der Waals surface area contributed by atoms with Gasteiger partial charge in [-0.1, -0.05) is 17.7 Å². The molecule has 0 amide bonds. The molecule has 18 heavy (non-hydrogen) atoms. The summed E-state index contributed by atoms with van der Waals surface area (Å²) in [4.78, 5) is 0. The average Bonchev–Trinajstić information content (AvgIpc) is 2.36. The van der Waals surface area contributed by atoms with E-state index >= 15 is 0 Å². The van der Waals surface area contributed by atoms with Gasteiger partial charge >= 0.3 is 0 Å². The molecule has 102 valence electrons. The Balaban J connectivity index is 2.83. The number of likely N-dealkylation sites (N-methyl/N-ethyl adjacent to an activating group) is 1. The largest absolute Gasteiger partial charge is 0.496 e. The fraction of sp³-hybridized carbons (Fsp3) is 0.600. The van der Waals surface area contributed by atoms with Crippen LogP contribution in [0.3, 0.4) is 0 Å². The molecule has 0 heterocycles. The van der Waals surface area contributed by atoms with Crippen LogP contribution in [0.5, 0.6) is 5.75 Å². The average molecular weight is 251 g/mol. The molecular weight excluding hydrogens is 226 g/mol. The van der Waals surface area contributed by atoms with Gasteiger partial charge in [0.05, 0.1) is 13.2 Å². The first-order valence-electron chi connectivity index (χ1n) is 6.54. The maximum atomic E-state index is 5.67. The van der Waals surface area contributed by atoms with Crippen molar-refractivity contribution in [1.82, 2.24) is 5.32 Å². The third-order valence-corrected chi connectivity index (χ3v) is 3.24. The first-order valence-corrected chi connectivity index (χ1v) is 6.54. The Labute approximate surface area is 110 Å². The summed E-state index contributed by atoms with van der Waals surface area (Å²) in [7, 11) is 3.69. The highest BCUT2D eigenvalue weighted by atomic mass is 16.5. The lowest BCUT2D eigenvalue weighted by Crippen LogP contribution is -2.39. The van der Waals surface area contributed by atoms with Crippen LogP contribution >= 0.6 is 0 Å². The number of hydrogen-bond donors (Lipinski definition) is 1. The minimum Gasteiger partial charge on any atom is -0.496 e. The summed E-state index contributed by atoms with van der Waals surface area (Å²) in [5.41, 5.74) is 2.48. The van der Waals surface area contributed by atoms with Crippen molar-refractivity contribution in [3.8, 4) is 5.75 Å². The summed E-state index contributed by atoms with van der Waals surface area (Å²) >= 11 is 0. The number of methoxy groups -OCH3 is 1. The highest BCUT2D eigenvalue weighted by molar-refractivity contribution is 5.37. The molecule has 0 fully saturated rings. The van der Waals surface area contributed by atoms with E-state index in [0.29, 0.717) is 6.04 Å². The van der Waals surface area contributed by atoms with Crippen molar-refractivity contribution in [1.29, 1.82) is 0 Å². The second-order valence-electron chi connectivity index (χ2n) is 4.58. The van der Waals surface area contributed by atoms with E-state index < -0.39 is 0 Å². The van der Waals surface area contributed by atoms with Crippen LogP contribution in [0, 0.1) is 6.92 Å². The number of nitrogens with one attached hydrogen (secondary N) is 1. The lowest BCUT2D eigenvalue weighted by atomic mass is 9.99. The Morgan fingerprint density at radius 3 is 2.61 bits per heavy atom. The normalized spacial score (nSPS) is 14.3. The van der Waals surface area contributed by atoms with Crippen molar-refractivity contribution in [2.45, 2.75) is 39.3 Å². The van der Waals surface area contributed by atoms with Crippen molar-refractivity contribution < 1.29 is 9.47 Å². The molecule has 0 saturated carbocycles. The van der Waals surface area contributed by atoms with Crippen molar-refractivity contribution in [3.05, 3.63) is 29.3 Å². The molecule has 0 aromatic heterocycles. The molecule has 0 aliphatic rings. The summed E-state index contributed by atoms with van der Waals surface area (Å²) in [6, 6.07) is 6.58. The van der Waals surface area contributed by atoms with Gasteiger partial charge in [0, 0.05) is 12.6 Å². The maximum Gasteiger partial charge on any atom is 0.122 e. The predicted octanol–water partition coefficient (Wildman–Crippen LogP) is 2.56. The number of aryl methyl sites for hydroxylation is 1. The summed E-state index contributed by atoms with van der Waals surface area (Å²) in [6.45, 7) is 6.97. The van der Waals surface area contributed by atoms with E-state index in [9.17, 15) is 0 Å². The standard InChI is InChI=1S/C15H25NO2/c1-6-18-12(3)14(16-4)10-13-9-11(2)7-8-15(13)17-5/h7-9,12,14,16H,6,10H2,1-5H3. The van der Waals surface area contributed by atoms with Gasteiger partial charge in [0.25, 0.3) is 0 Å². The van der Waals surface area contributed by atoms with Crippen molar-refractivity contribution in [2.75, 3.05) is 20.8 Å². The summed E-state index contributed by atoms with van der Waals surface area (Å²) in [5.74, 6) is 0.949. The summed E-state index contributed by atoms with van der Waals surface area (Å²) in [6.07, 6.45) is 1.09. The SMILES string of the molecule is CCOC(C)C(Cc1cc(C)ccc1OC)NC. The number of benzene rings is 1. The van der Waals surface area contributed by atoms with Gasteiger partial charge in [0.15, 0.2) is 0 Å². The summed E-state index contributed by atoms with van der Waals surface area (Å²) in [5, 5.41) is 3.33. The zero-order valence-electron chi connectivity index (χ0n) is 12.1. The van der Waals surface area contributed by atoms with Gasteiger partial charge in [-0.15, -0.1) is 0 Å². The van der Waals surface area contributed by atoms with Crippen LogP contribution in [0.4, 0.5) is 0 Å². The zero-order valence-corrected chi connectivity index (χ0v) is 12.1. The molecule has 0 aliphatic carbocycles. The van der Waals surface area contributed by atoms with Gasteiger partial charge in [0.2, 0.25) is 0 Å². The lowest BCUT2D eigenvalue weighted by molar-refractivity contribution is 0.0495. The molecule has 1 aromatic rings. The number of hydrogen-bond acceptors (Lipinski definition) is 3. The van der Waals surface area contributed by atoms with Gasteiger partial charge in [-0.3, -0.25) is 0 Å². The van der Waals surface area contributed by atoms with E-state index in [1.54, 1.807) is 7.11 Å². The first-order chi connectivity index (χ1) is 8.62. The van der Waals surface area contributed by atoms with Crippen LogP contribution in [0.25, 0.3) is 0 Å². The Morgan fingerprint density at radius 1 is 1.33 bits per heavy atom. The fourth-order valence-corrected chi connectivity index (χ4v) is 2.19. The van der Waals surface area contributed by atoms with E-state index in [0.717, 1.165) is 18.8 Å². The van der Waals surface area contributed by atoms with E-state index in [4.69, 9.17) is 9.47 Å². The molecule has 1 N–H and O–H groups in total. The summed E-state index contributed by atoms with van der Waals surface area (Å²) < 4.78 is 11.1. The molecule has 3 nitrogen and oxygen atoms in total. The minimum absolute atomic E-state index is 0.185. The fourth-order valence-electron chi connectivity index (χ4n) is 2.19. The molecule has 2 atom stereocenters. The molecule has 0 spiro atoms. The highest BCUT2D eigenvalue weighted by Crippen LogP contribution is 2.22. The number of ether oxygens (including phenoxy) is 2. The van der Waals surface area contributed by atoms with Crippen molar-refractivity contribution in [2.24, 2.45) is 0 Å². The smallest absolute Gasteiger partial charge is 0.122 e. The third-order valence-electron chi connectivity index (χ3n) is 3.24. The Kier molecular flexibility index (Phi) is 6.16. The predicted molar refractivity (Wildman–Crippen MR) is 75.4 cm³/mol. The Bertz CT molecular complexity index is 366. The molecule has 0 radical (unpaired) electrons. The molecule has 1 rings (SSSR count). The van der Waals surface area contributed by atoms with E-state index in [1.807, 2.05) is 20.0 Å². The van der Waals surface area contributed by atoms with Gasteiger partial charge in [-0.25, -0.2) is 0 Å². The Morgan fingerprint density at radius 2 is 2.06 bits per heavy atom. The van der Waals surface area contributed by atoms with Gasteiger partial charge in [0.1, 0.15) is 5.75 Å². The van der Waals surface area contributed by atoms with Gasteiger partial charge in [-0.2, -0.15) is 0 Å². The van der Waals surface area contributed by atoms with Crippen LogP contribution < -0.4 is 10.1 Å². The third kappa shape index (κ3) is 4.00. The molecule has 3 heteroatoms. The van der Waals surface area contributed by atoms with Crippen LogP contribution in [-0.4, -0.2) is 32.9 Å². The molecule has 0 saturated heterocycles. The molecule has 0 aliphatic heterocycles. The van der Waals surface area contributed by atoms with Crippen molar-refractivity contribution >= 4 is 0 Å². The quantitative estimate of drug-likeness (QED) is 0.808. The minimum atomic E-state index is 0.185. The Hall–Kier alpha value is -1.06. The second-order valence-corrected chi connectivity index (χ2v) is 4.58. The highest BCUT2D eigenvalue weighted by Gasteiger charge is 2.18. The van der Waals surface area contributed by atoms with Crippen molar-refractivity contribution in [3.63, 3.8) is 0 Å². The topological polar surface area (TPSA) is 30.5 Å². The molecule has 1 aromatic carbocycles. The molecular formula is C15H25NO2. The number of rotatable bonds is 7. The van der Waals surface area contributed by atoms with Gasteiger partial charge in [-0.05, 0) is 45.9 Å². The first kappa shape index (κ1) is 15.0. The lowest BCUT2D eigenvalue weighted by Gasteiger charge is -2.24.